The summed E-state index contributed by atoms with van der Waals surface area (Å²) >= 11 is 0. The van der Waals surface area contributed by atoms with Gasteiger partial charge in [-0.05, 0) is 79.2 Å². The van der Waals surface area contributed by atoms with E-state index in [0.29, 0.717) is 12.8 Å². The van der Waals surface area contributed by atoms with Crippen LogP contribution in [0.5, 0.6) is 5.75 Å². The summed E-state index contributed by atoms with van der Waals surface area (Å²) in [6, 6.07) is 23.2. The number of benzene rings is 3. The second kappa shape index (κ2) is 12.3. The summed E-state index contributed by atoms with van der Waals surface area (Å²) in [5, 5.41) is 9.31. The molecule has 1 amide bonds. The molecule has 3 aromatic rings. The van der Waals surface area contributed by atoms with Gasteiger partial charge in [0.15, 0.2) is 0 Å². The number of methoxy groups -OCH3 is 1. The van der Waals surface area contributed by atoms with Crippen LogP contribution < -0.4 is 14.9 Å². The molecule has 37 heavy (non-hydrogen) atoms. The van der Waals surface area contributed by atoms with E-state index in [4.69, 9.17) is 4.74 Å². The fraction of sp³-hybridized carbons (Fsp3) is 0.321. The first-order chi connectivity index (χ1) is 17.9. The quantitative estimate of drug-likeness (QED) is 0.278. The summed E-state index contributed by atoms with van der Waals surface area (Å²) < 4.78 is 34.0. The number of carbonyl (C=O) groups excluding carboxylic acids is 1. The van der Waals surface area contributed by atoms with Crippen LogP contribution in [0.1, 0.15) is 18.4 Å². The molecular formula is C28H33N3O5S. The van der Waals surface area contributed by atoms with Crippen molar-refractivity contribution in [3.05, 3.63) is 84.4 Å². The first kappa shape index (κ1) is 26.8. The summed E-state index contributed by atoms with van der Waals surface area (Å²) in [4.78, 5) is 14.9. The number of rotatable bonds is 10. The second-order valence-electron chi connectivity index (χ2n) is 9.24. The molecule has 0 aromatic heterocycles. The molecule has 1 aliphatic heterocycles. The number of hydrogen-bond acceptors (Lipinski definition) is 6. The molecule has 1 fully saturated rings. The molecule has 8 nitrogen and oxygen atoms in total. The highest BCUT2D eigenvalue weighted by Gasteiger charge is 2.35. The van der Waals surface area contributed by atoms with E-state index in [1.165, 1.54) is 17.7 Å². The van der Waals surface area contributed by atoms with E-state index in [9.17, 15) is 18.4 Å². The molecule has 0 aliphatic carbocycles. The average Bonchev–Trinajstić information content (AvgIpc) is 2.95. The number of nitrogens with one attached hydrogen (secondary N) is 2. The molecule has 1 heterocycles. The Morgan fingerprint density at radius 1 is 0.973 bits per heavy atom. The maximum Gasteiger partial charge on any atom is 0.261 e. The molecule has 0 saturated carbocycles. The standard InChI is InChI=1S/C28H33N3O5S/c1-36-25-11-7-22(8-12-25)23-9-13-26(14-10-23)37(34,35)30-27(28(32)29-33)24-16-19-31(20-17-24)18-15-21-5-3-2-4-6-21/h2-14,24,27,30,33H,15-20H2,1H3,(H,29,32). The molecule has 4 rings (SSSR count). The van der Waals surface area contributed by atoms with Crippen molar-refractivity contribution in [2.75, 3.05) is 26.7 Å². The summed E-state index contributed by atoms with van der Waals surface area (Å²) in [7, 11) is -2.39. The van der Waals surface area contributed by atoms with Gasteiger partial charge in [-0.3, -0.25) is 10.0 Å². The fourth-order valence-corrected chi connectivity index (χ4v) is 5.98. The van der Waals surface area contributed by atoms with Crippen molar-refractivity contribution in [1.29, 1.82) is 0 Å². The lowest BCUT2D eigenvalue weighted by atomic mass is 9.89. The number of sulfonamides is 1. The van der Waals surface area contributed by atoms with Crippen LogP contribution in [-0.2, 0) is 21.2 Å². The Morgan fingerprint density at radius 3 is 2.14 bits per heavy atom. The van der Waals surface area contributed by atoms with Gasteiger partial charge in [0.25, 0.3) is 5.91 Å². The maximum atomic E-state index is 13.2. The predicted octanol–water partition coefficient (Wildman–Crippen LogP) is 3.47. The lowest BCUT2D eigenvalue weighted by Gasteiger charge is -2.35. The third-order valence-electron chi connectivity index (χ3n) is 6.93. The van der Waals surface area contributed by atoms with E-state index in [-0.39, 0.29) is 10.8 Å². The number of nitrogens with zero attached hydrogens (tertiary/aromatic N) is 1. The van der Waals surface area contributed by atoms with Crippen LogP contribution in [0.4, 0.5) is 0 Å². The Balaban J connectivity index is 1.39. The number of likely N-dealkylation sites (tertiary alicyclic amines) is 1. The molecular weight excluding hydrogens is 490 g/mol. The second-order valence-corrected chi connectivity index (χ2v) is 11.0. The van der Waals surface area contributed by atoms with Crippen LogP contribution in [0.25, 0.3) is 11.1 Å². The van der Waals surface area contributed by atoms with E-state index in [0.717, 1.165) is 42.9 Å². The highest BCUT2D eigenvalue weighted by Crippen LogP contribution is 2.26. The van der Waals surface area contributed by atoms with Gasteiger partial charge in [0.1, 0.15) is 11.8 Å². The summed E-state index contributed by atoms with van der Waals surface area (Å²) in [6.07, 6.45) is 2.23. The third-order valence-corrected chi connectivity index (χ3v) is 8.38. The lowest BCUT2D eigenvalue weighted by molar-refractivity contribution is -0.132. The molecule has 3 N–H and O–H groups in total. The van der Waals surface area contributed by atoms with Gasteiger partial charge in [-0.2, -0.15) is 4.72 Å². The van der Waals surface area contributed by atoms with Crippen molar-refractivity contribution in [3.63, 3.8) is 0 Å². The molecule has 1 atom stereocenters. The lowest BCUT2D eigenvalue weighted by Crippen LogP contribution is -2.52. The largest absolute Gasteiger partial charge is 0.497 e. The number of carbonyl (C=O) groups is 1. The molecule has 196 valence electrons. The van der Waals surface area contributed by atoms with Gasteiger partial charge in [0.05, 0.1) is 12.0 Å². The van der Waals surface area contributed by atoms with Crippen LogP contribution in [0.3, 0.4) is 0 Å². The van der Waals surface area contributed by atoms with E-state index in [2.05, 4.69) is 21.8 Å². The van der Waals surface area contributed by atoms with Crippen LogP contribution in [-0.4, -0.2) is 57.2 Å². The van der Waals surface area contributed by atoms with Crippen molar-refractivity contribution in [1.82, 2.24) is 15.1 Å². The third kappa shape index (κ3) is 6.95. The first-order valence-corrected chi connectivity index (χ1v) is 13.8. The zero-order chi connectivity index (χ0) is 26.3. The van der Waals surface area contributed by atoms with Gasteiger partial charge in [-0.15, -0.1) is 0 Å². The molecule has 3 aromatic carbocycles. The van der Waals surface area contributed by atoms with Crippen LogP contribution >= 0.6 is 0 Å². The van der Waals surface area contributed by atoms with Crippen molar-refractivity contribution >= 4 is 15.9 Å². The Labute approximate surface area is 218 Å². The predicted molar refractivity (Wildman–Crippen MR) is 142 cm³/mol. The van der Waals surface area contributed by atoms with Crippen molar-refractivity contribution < 1.29 is 23.2 Å². The van der Waals surface area contributed by atoms with Crippen molar-refractivity contribution in [2.45, 2.75) is 30.2 Å². The molecule has 0 bridgehead atoms. The Morgan fingerprint density at radius 2 is 1.57 bits per heavy atom. The fourth-order valence-electron chi connectivity index (χ4n) is 4.72. The van der Waals surface area contributed by atoms with E-state index >= 15 is 0 Å². The number of ether oxygens (including phenoxy) is 1. The Bertz CT molecular complexity index is 1260. The van der Waals surface area contributed by atoms with Gasteiger partial charge in [-0.25, -0.2) is 13.9 Å². The van der Waals surface area contributed by atoms with E-state index in [1.54, 1.807) is 24.7 Å². The van der Waals surface area contributed by atoms with Gasteiger partial charge in [0.2, 0.25) is 10.0 Å². The van der Waals surface area contributed by atoms with Gasteiger partial charge in [0, 0.05) is 6.54 Å². The zero-order valence-electron chi connectivity index (χ0n) is 20.8. The highest BCUT2D eigenvalue weighted by atomic mass is 32.2. The number of hydrogen-bond donors (Lipinski definition) is 3. The molecule has 1 saturated heterocycles. The Kier molecular flexibility index (Phi) is 8.94. The normalized spacial score (nSPS) is 15.7. The van der Waals surface area contributed by atoms with Crippen LogP contribution in [0.15, 0.2) is 83.8 Å². The molecule has 1 aliphatic rings. The van der Waals surface area contributed by atoms with E-state index < -0.39 is 22.0 Å². The van der Waals surface area contributed by atoms with Crippen molar-refractivity contribution in [3.8, 4) is 16.9 Å². The highest BCUT2D eigenvalue weighted by molar-refractivity contribution is 7.89. The smallest absolute Gasteiger partial charge is 0.261 e. The van der Waals surface area contributed by atoms with Gasteiger partial charge in [-0.1, -0.05) is 54.6 Å². The topological polar surface area (TPSA) is 108 Å². The first-order valence-electron chi connectivity index (χ1n) is 12.4. The molecule has 9 heteroatoms. The number of piperidine rings is 1. The van der Waals surface area contributed by atoms with Crippen LogP contribution in [0.2, 0.25) is 0 Å². The number of hydroxylamine groups is 1. The minimum absolute atomic E-state index is 0.0563. The molecule has 1 unspecified atom stereocenters. The van der Waals surface area contributed by atoms with Gasteiger partial charge < -0.3 is 9.64 Å². The Hall–Kier alpha value is -3.24. The summed E-state index contributed by atoms with van der Waals surface area (Å²) in [6.45, 7) is 2.41. The van der Waals surface area contributed by atoms with Crippen molar-refractivity contribution in [2.24, 2.45) is 5.92 Å². The molecule has 0 spiro atoms. The minimum Gasteiger partial charge on any atom is -0.497 e. The minimum atomic E-state index is -3.99. The SMILES string of the molecule is COc1ccc(-c2ccc(S(=O)(=O)NC(C(=O)NO)C3CCN(CCc4ccccc4)CC3)cc2)cc1. The van der Waals surface area contributed by atoms with Gasteiger partial charge >= 0.3 is 0 Å². The number of amides is 1. The maximum absolute atomic E-state index is 13.2. The average molecular weight is 524 g/mol. The van der Waals surface area contributed by atoms with Crippen LogP contribution in [0, 0.1) is 5.92 Å². The van der Waals surface area contributed by atoms with E-state index in [1.807, 2.05) is 42.5 Å². The zero-order valence-corrected chi connectivity index (χ0v) is 21.7. The monoisotopic (exact) mass is 523 g/mol. The summed E-state index contributed by atoms with van der Waals surface area (Å²) in [5.74, 6) is -0.239. The summed E-state index contributed by atoms with van der Waals surface area (Å²) in [5.41, 5.74) is 4.70. The molecule has 0 radical (unpaired) electrons.